The number of carbonyl (C=O) groups excluding carboxylic acids is 1. The van der Waals surface area contributed by atoms with Crippen LogP contribution in [0.3, 0.4) is 0 Å². The van der Waals surface area contributed by atoms with Gasteiger partial charge in [-0.05, 0) is 31.0 Å². The van der Waals surface area contributed by atoms with Gasteiger partial charge in [-0.2, -0.15) is 0 Å². The summed E-state index contributed by atoms with van der Waals surface area (Å²) in [5.41, 5.74) is 13.8. The lowest BCUT2D eigenvalue weighted by atomic mass is 10.1. The zero-order valence-corrected chi connectivity index (χ0v) is 16.9. The van der Waals surface area contributed by atoms with E-state index in [1.165, 1.54) is 0 Å². The van der Waals surface area contributed by atoms with E-state index in [2.05, 4.69) is 20.6 Å². The van der Waals surface area contributed by atoms with Crippen molar-refractivity contribution in [3.05, 3.63) is 66.2 Å². The summed E-state index contributed by atoms with van der Waals surface area (Å²) in [6, 6.07) is 12.3. The SMILES string of the molecule is CC[C@@H](Nc1nc(Nc2cncc(-c3ccccc3)c2)c(C(N)=O)cc1F)[C@H](C)N. The number of nitrogens with zero attached hydrogens (tertiary/aromatic N) is 2. The van der Waals surface area contributed by atoms with Crippen molar-refractivity contribution >= 4 is 23.2 Å². The normalized spacial score (nSPS) is 12.8. The summed E-state index contributed by atoms with van der Waals surface area (Å²) in [7, 11) is 0. The van der Waals surface area contributed by atoms with Crippen LogP contribution >= 0.6 is 0 Å². The average Bonchev–Trinajstić information content (AvgIpc) is 2.74. The van der Waals surface area contributed by atoms with Crippen molar-refractivity contribution in [2.45, 2.75) is 32.4 Å². The van der Waals surface area contributed by atoms with E-state index in [0.717, 1.165) is 17.2 Å². The molecule has 3 aromatic rings. The summed E-state index contributed by atoms with van der Waals surface area (Å²) in [5.74, 6) is -1.33. The van der Waals surface area contributed by atoms with Gasteiger partial charge in [-0.3, -0.25) is 9.78 Å². The van der Waals surface area contributed by atoms with Crippen molar-refractivity contribution in [3.63, 3.8) is 0 Å². The van der Waals surface area contributed by atoms with Gasteiger partial charge in [0, 0.05) is 23.8 Å². The molecule has 0 fully saturated rings. The number of aromatic nitrogens is 2. The molecule has 2 atom stereocenters. The second-order valence-corrected chi connectivity index (χ2v) is 7.05. The third-order valence-electron chi connectivity index (χ3n) is 4.75. The molecule has 0 saturated carbocycles. The van der Waals surface area contributed by atoms with Crippen LogP contribution in [0.5, 0.6) is 0 Å². The fraction of sp³-hybridized carbons (Fsp3) is 0.227. The number of rotatable bonds is 8. The van der Waals surface area contributed by atoms with Crippen molar-refractivity contribution < 1.29 is 9.18 Å². The van der Waals surface area contributed by atoms with Crippen LogP contribution < -0.4 is 22.1 Å². The van der Waals surface area contributed by atoms with Crippen molar-refractivity contribution in [2.24, 2.45) is 11.5 Å². The van der Waals surface area contributed by atoms with Crippen molar-refractivity contribution in [2.75, 3.05) is 10.6 Å². The maximum atomic E-state index is 14.6. The Hall–Kier alpha value is -3.52. The molecule has 0 saturated heterocycles. The van der Waals surface area contributed by atoms with Crippen LogP contribution in [-0.4, -0.2) is 28.0 Å². The number of nitrogens with two attached hydrogens (primary N) is 2. The molecule has 0 radical (unpaired) electrons. The van der Waals surface area contributed by atoms with E-state index in [0.29, 0.717) is 12.1 Å². The molecule has 1 amide bonds. The molecule has 0 aliphatic rings. The van der Waals surface area contributed by atoms with Gasteiger partial charge >= 0.3 is 0 Å². The average molecular weight is 408 g/mol. The number of benzene rings is 1. The molecule has 8 heteroatoms. The summed E-state index contributed by atoms with van der Waals surface area (Å²) in [4.78, 5) is 20.4. The van der Waals surface area contributed by atoms with Crippen LogP contribution in [0.25, 0.3) is 11.1 Å². The number of carbonyl (C=O) groups is 1. The van der Waals surface area contributed by atoms with Gasteiger partial charge < -0.3 is 22.1 Å². The number of hydrogen-bond acceptors (Lipinski definition) is 6. The van der Waals surface area contributed by atoms with Gasteiger partial charge in [-0.15, -0.1) is 0 Å². The highest BCUT2D eigenvalue weighted by Crippen LogP contribution is 2.27. The molecular weight excluding hydrogens is 383 g/mol. The minimum absolute atomic E-state index is 0.00109. The van der Waals surface area contributed by atoms with Crippen molar-refractivity contribution in [1.82, 2.24) is 9.97 Å². The molecule has 3 rings (SSSR count). The first-order valence-corrected chi connectivity index (χ1v) is 9.69. The van der Waals surface area contributed by atoms with Crippen LogP contribution in [0.1, 0.15) is 30.6 Å². The molecule has 2 heterocycles. The minimum atomic E-state index is -0.790. The van der Waals surface area contributed by atoms with Gasteiger partial charge in [-0.1, -0.05) is 37.3 Å². The van der Waals surface area contributed by atoms with E-state index in [1.54, 1.807) is 12.4 Å². The topological polar surface area (TPSA) is 119 Å². The van der Waals surface area contributed by atoms with E-state index < -0.39 is 11.7 Å². The molecule has 30 heavy (non-hydrogen) atoms. The zero-order valence-electron chi connectivity index (χ0n) is 16.9. The van der Waals surface area contributed by atoms with Crippen LogP contribution in [0.4, 0.5) is 21.7 Å². The molecule has 0 bridgehead atoms. The van der Waals surface area contributed by atoms with E-state index >= 15 is 0 Å². The highest BCUT2D eigenvalue weighted by atomic mass is 19.1. The molecule has 0 unspecified atom stereocenters. The highest BCUT2D eigenvalue weighted by molar-refractivity contribution is 5.98. The molecule has 2 aromatic heterocycles. The Morgan fingerprint density at radius 1 is 1.13 bits per heavy atom. The maximum Gasteiger partial charge on any atom is 0.252 e. The Morgan fingerprint density at radius 3 is 2.50 bits per heavy atom. The lowest BCUT2D eigenvalue weighted by Gasteiger charge is -2.22. The number of nitrogens with one attached hydrogen (secondary N) is 2. The molecule has 156 valence electrons. The summed E-state index contributed by atoms with van der Waals surface area (Å²) in [5, 5.41) is 6.05. The number of halogens is 1. The van der Waals surface area contributed by atoms with Crippen LogP contribution in [-0.2, 0) is 0 Å². The zero-order chi connectivity index (χ0) is 21.7. The van der Waals surface area contributed by atoms with Crippen molar-refractivity contribution in [1.29, 1.82) is 0 Å². The number of amides is 1. The lowest BCUT2D eigenvalue weighted by molar-refractivity contribution is 0.100. The first kappa shape index (κ1) is 21.2. The highest BCUT2D eigenvalue weighted by Gasteiger charge is 2.19. The Labute approximate surface area is 174 Å². The van der Waals surface area contributed by atoms with Gasteiger partial charge in [0.25, 0.3) is 5.91 Å². The molecule has 1 aromatic carbocycles. The fourth-order valence-electron chi connectivity index (χ4n) is 3.09. The van der Waals surface area contributed by atoms with Crippen LogP contribution in [0, 0.1) is 5.82 Å². The molecule has 7 nitrogen and oxygen atoms in total. The molecule has 0 aliphatic heterocycles. The maximum absolute atomic E-state index is 14.6. The predicted octanol–water partition coefficient (Wildman–Crippen LogP) is 3.66. The van der Waals surface area contributed by atoms with Gasteiger partial charge in [0.15, 0.2) is 11.6 Å². The second kappa shape index (κ2) is 9.32. The van der Waals surface area contributed by atoms with E-state index in [-0.39, 0.29) is 29.3 Å². The number of primary amides is 1. The quantitative estimate of drug-likeness (QED) is 0.452. The molecule has 0 aliphatic carbocycles. The van der Waals surface area contributed by atoms with Gasteiger partial charge in [-0.25, -0.2) is 9.37 Å². The number of pyridine rings is 2. The second-order valence-electron chi connectivity index (χ2n) is 7.05. The largest absolute Gasteiger partial charge is 0.365 e. The van der Waals surface area contributed by atoms with Crippen LogP contribution in [0.15, 0.2) is 54.9 Å². The number of hydrogen-bond donors (Lipinski definition) is 4. The number of anilines is 3. The summed E-state index contributed by atoms with van der Waals surface area (Å²) < 4.78 is 14.6. The minimum Gasteiger partial charge on any atom is -0.365 e. The van der Waals surface area contributed by atoms with E-state index in [1.807, 2.05) is 50.2 Å². The molecule has 6 N–H and O–H groups in total. The monoisotopic (exact) mass is 408 g/mol. The smallest absolute Gasteiger partial charge is 0.252 e. The predicted molar refractivity (Wildman–Crippen MR) is 117 cm³/mol. The first-order chi connectivity index (χ1) is 14.4. The third kappa shape index (κ3) is 4.90. The van der Waals surface area contributed by atoms with Gasteiger partial charge in [0.2, 0.25) is 0 Å². The summed E-state index contributed by atoms with van der Waals surface area (Å²) >= 11 is 0. The lowest BCUT2D eigenvalue weighted by Crippen LogP contribution is -2.38. The molecule has 0 spiro atoms. The Bertz CT molecular complexity index is 1030. The Kier molecular flexibility index (Phi) is 6.58. The third-order valence-corrected chi connectivity index (χ3v) is 4.75. The van der Waals surface area contributed by atoms with Crippen LogP contribution in [0.2, 0.25) is 0 Å². The van der Waals surface area contributed by atoms with Crippen molar-refractivity contribution in [3.8, 4) is 11.1 Å². The molecular formula is C22H25FN6O. The fourth-order valence-corrected chi connectivity index (χ4v) is 3.09. The standard InChI is InChI=1S/C22H25FN6O/c1-3-19(13(2)24)28-22-18(23)10-17(20(25)30)21(29-22)27-16-9-15(11-26-12-16)14-7-5-4-6-8-14/h4-13,19H,3,24H2,1-2H3,(H2,25,30)(H2,27,28,29)/t13-,19+/m0/s1. The van der Waals surface area contributed by atoms with E-state index in [4.69, 9.17) is 11.5 Å². The first-order valence-electron chi connectivity index (χ1n) is 9.69. The summed E-state index contributed by atoms with van der Waals surface area (Å²) in [6.45, 7) is 3.77. The summed E-state index contributed by atoms with van der Waals surface area (Å²) in [6.07, 6.45) is 4.00. The van der Waals surface area contributed by atoms with Gasteiger partial charge in [0.1, 0.15) is 5.82 Å². The Morgan fingerprint density at radius 2 is 1.87 bits per heavy atom. The van der Waals surface area contributed by atoms with Gasteiger partial charge in [0.05, 0.1) is 17.4 Å². The Balaban J connectivity index is 1.96. The van der Waals surface area contributed by atoms with E-state index in [9.17, 15) is 9.18 Å².